The Balaban J connectivity index is 1.84. The largest absolute Gasteiger partial charge is 0.368 e. The molecule has 0 unspecified atom stereocenters. The summed E-state index contributed by atoms with van der Waals surface area (Å²) < 4.78 is 23.1. The average Bonchev–Trinajstić information content (AvgIpc) is 2.49. The molecule has 10 heteroatoms. The molecular formula is C13H16N6O3S. The van der Waals surface area contributed by atoms with Crippen LogP contribution in [-0.4, -0.2) is 46.1 Å². The number of sulfone groups is 1. The van der Waals surface area contributed by atoms with Crippen molar-refractivity contribution in [3.63, 3.8) is 0 Å². The molecule has 3 N–H and O–H groups in total. The molecule has 0 amide bonds. The van der Waals surface area contributed by atoms with E-state index in [1.54, 1.807) is 12.4 Å². The third kappa shape index (κ3) is 3.37. The number of aromatic amines is 1. The molecule has 0 radical (unpaired) electrons. The fraction of sp³-hybridized carbons (Fsp3) is 0.385. The molecule has 0 atom stereocenters. The van der Waals surface area contributed by atoms with Gasteiger partial charge in [-0.3, -0.25) is 14.7 Å². The molecule has 1 aliphatic rings. The Morgan fingerprint density at radius 3 is 2.70 bits per heavy atom. The van der Waals surface area contributed by atoms with Crippen LogP contribution in [-0.2, 0) is 29.3 Å². The molecule has 9 nitrogen and oxygen atoms in total. The van der Waals surface area contributed by atoms with Crippen LogP contribution in [0.2, 0.25) is 0 Å². The van der Waals surface area contributed by atoms with Gasteiger partial charge in [0.15, 0.2) is 0 Å². The predicted molar refractivity (Wildman–Crippen MR) is 82.2 cm³/mol. The first-order chi connectivity index (χ1) is 10.8. The summed E-state index contributed by atoms with van der Waals surface area (Å²) in [5, 5.41) is -0.276. The monoisotopic (exact) mass is 336 g/mol. The van der Waals surface area contributed by atoms with Crippen molar-refractivity contribution in [1.82, 2.24) is 24.8 Å². The SMILES string of the molecule is CS(=O)(=O)c1nc2c(c(=O)[nH]1)CN(Cc1cnc(N)nc1)CC2. The second-order valence-corrected chi connectivity index (χ2v) is 7.41. The van der Waals surface area contributed by atoms with Crippen LogP contribution in [0.25, 0.3) is 0 Å². The van der Waals surface area contributed by atoms with E-state index in [1.807, 2.05) is 4.90 Å². The number of anilines is 1. The minimum absolute atomic E-state index is 0.215. The second-order valence-electron chi connectivity index (χ2n) is 5.48. The number of fused-ring (bicyclic) bond motifs is 1. The van der Waals surface area contributed by atoms with Crippen LogP contribution in [0.3, 0.4) is 0 Å². The molecular weight excluding hydrogens is 320 g/mol. The number of aromatic nitrogens is 4. The molecule has 0 spiro atoms. The number of nitrogen functional groups attached to an aromatic ring is 1. The van der Waals surface area contributed by atoms with Crippen LogP contribution in [0.4, 0.5) is 5.95 Å². The van der Waals surface area contributed by atoms with Gasteiger partial charge in [-0.05, 0) is 0 Å². The summed E-state index contributed by atoms with van der Waals surface area (Å²) in [6, 6.07) is 0. The zero-order valence-corrected chi connectivity index (χ0v) is 13.3. The third-order valence-corrected chi connectivity index (χ3v) is 4.50. The van der Waals surface area contributed by atoms with Gasteiger partial charge in [0.05, 0.1) is 11.3 Å². The van der Waals surface area contributed by atoms with Gasteiger partial charge in [-0.2, -0.15) is 0 Å². The minimum atomic E-state index is -3.53. The molecule has 0 fully saturated rings. The summed E-state index contributed by atoms with van der Waals surface area (Å²) in [5.41, 5.74) is 6.97. The number of nitrogens with two attached hydrogens (primary N) is 1. The lowest BCUT2D eigenvalue weighted by atomic mass is 10.1. The lowest BCUT2D eigenvalue weighted by Gasteiger charge is -2.27. The molecule has 1 aliphatic heterocycles. The number of nitrogens with zero attached hydrogens (tertiary/aromatic N) is 4. The summed E-state index contributed by atoms with van der Waals surface area (Å²) in [6.07, 6.45) is 4.83. The van der Waals surface area contributed by atoms with Gasteiger partial charge in [-0.1, -0.05) is 0 Å². The Kier molecular flexibility index (Phi) is 3.86. The van der Waals surface area contributed by atoms with Crippen molar-refractivity contribution in [2.75, 3.05) is 18.5 Å². The quantitative estimate of drug-likeness (QED) is 0.689. The molecule has 23 heavy (non-hydrogen) atoms. The number of hydrogen-bond donors (Lipinski definition) is 2. The molecule has 0 saturated heterocycles. The maximum atomic E-state index is 12.1. The van der Waals surface area contributed by atoms with Gasteiger partial charge in [0.25, 0.3) is 5.56 Å². The predicted octanol–water partition coefficient (Wildman–Crippen LogP) is -0.896. The lowest BCUT2D eigenvalue weighted by molar-refractivity contribution is 0.240. The van der Waals surface area contributed by atoms with E-state index < -0.39 is 15.4 Å². The van der Waals surface area contributed by atoms with E-state index in [1.165, 1.54) is 0 Å². The number of nitrogens with one attached hydrogen (secondary N) is 1. The zero-order valence-electron chi connectivity index (χ0n) is 12.5. The Labute approximate surface area is 132 Å². The van der Waals surface area contributed by atoms with Gasteiger partial charge in [-0.25, -0.2) is 23.4 Å². The third-order valence-electron chi connectivity index (χ3n) is 3.61. The summed E-state index contributed by atoms with van der Waals surface area (Å²) in [4.78, 5) is 28.5. The Morgan fingerprint density at radius 1 is 1.35 bits per heavy atom. The van der Waals surface area contributed by atoms with Gasteiger partial charge in [0, 0.05) is 50.3 Å². The fourth-order valence-corrected chi connectivity index (χ4v) is 3.03. The second kappa shape index (κ2) is 5.70. The molecule has 3 rings (SSSR count). The molecule has 0 aliphatic carbocycles. The Hall–Kier alpha value is -2.33. The van der Waals surface area contributed by atoms with Crippen LogP contribution in [0, 0.1) is 0 Å². The summed E-state index contributed by atoms with van der Waals surface area (Å²) >= 11 is 0. The normalized spacial score (nSPS) is 15.3. The highest BCUT2D eigenvalue weighted by atomic mass is 32.2. The Morgan fingerprint density at radius 2 is 2.04 bits per heavy atom. The molecule has 3 heterocycles. The standard InChI is InChI=1S/C13H16N6O3S/c1-23(21,22)13-17-10-2-3-19(7-9(10)11(20)18-13)6-8-4-15-12(14)16-5-8/h4-5H,2-3,6-7H2,1H3,(H2,14,15,16)(H,17,18,20). The van der Waals surface area contributed by atoms with E-state index in [-0.39, 0.29) is 11.1 Å². The highest BCUT2D eigenvalue weighted by Gasteiger charge is 2.23. The molecule has 0 aromatic carbocycles. The first-order valence-electron chi connectivity index (χ1n) is 6.94. The number of H-pyrrole nitrogens is 1. The van der Waals surface area contributed by atoms with Crippen molar-refractivity contribution in [3.8, 4) is 0 Å². The van der Waals surface area contributed by atoms with Gasteiger partial charge >= 0.3 is 0 Å². The lowest BCUT2D eigenvalue weighted by Crippen LogP contribution is -2.36. The summed E-state index contributed by atoms with van der Waals surface area (Å²) in [7, 11) is -3.53. The first-order valence-corrected chi connectivity index (χ1v) is 8.83. The van der Waals surface area contributed by atoms with Crippen LogP contribution in [0.5, 0.6) is 0 Å². The molecule has 2 aromatic rings. The zero-order chi connectivity index (χ0) is 16.6. The number of rotatable bonds is 3. The van der Waals surface area contributed by atoms with E-state index in [0.717, 1.165) is 11.8 Å². The Bertz CT molecular complexity index is 891. The van der Waals surface area contributed by atoms with E-state index >= 15 is 0 Å². The van der Waals surface area contributed by atoms with Crippen molar-refractivity contribution < 1.29 is 8.42 Å². The molecule has 0 saturated carbocycles. The van der Waals surface area contributed by atoms with E-state index in [0.29, 0.717) is 37.3 Å². The van der Waals surface area contributed by atoms with Crippen molar-refractivity contribution in [2.24, 2.45) is 0 Å². The first kappa shape index (κ1) is 15.6. The van der Waals surface area contributed by atoms with Crippen LogP contribution in [0.15, 0.2) is 22.3 Å². The molecule has 2 aromatic heterocycles. The topological polar surface area (TPSA) is 135 Å². The van der Waals surface area contributed by atoms with Crippen molar-refractivity contribution in [2.45, 2.75) is 24.7 Å². The van der Waals surface area contributed by atoms with Crippen LogP contribution < -0.4 is 11.3 Å². The number of hydrogen-bond acceptors (Lipinski definition) is 8. The van der Waals surface area contributed by atoms with Gasteiger partial charge < -0.3 is 5.73 Å². The van der Waals surface area contributed by atoms with Gasteiger partial charge in [-0.15, -0.1) is 0 Å². The van der Waals surface area contributed by atoms with E-state index in [9.17, 15) is 13.2 Å². The highest BCUT2D eigenvalue weighted by Crippen LogP contribution is 2.17. The maximum absolute atomic E-state index is 12.1. The fourth-order valence-electron chi connectivity index (χ4n) is 2.47. The molecule has 0 bridgehead atoms. The summed E-state index contributed by atoms with van der Waals surface area (Å²) in [6.45, 7) is 1.64. The van der Waals surface area contributed by atoms with Crippen molar-refractivity contribution in [3.05, 3.63) is 39.6 Å². The minimum Gasteiger partial charge on any atom is -0.368 e. The van der Waals surface area contributed by atoms with Crippen LogP contribution >= 0.6 is 0 Å². The molecule has 122 valence electrons. The van der Waals surface area contributed by atoms with Gasteiger partial charge in [0.2, 0.25) is 20.9 Å². The van der Waals surface area contributed by atoms with E-state index in [2.05, 4.69) is 19.9 Å². The van der Waals surface area contributed by atoms with Crippen molar-refractivity contribution >= 4 is 15.8 Å². The average molecular weight is 336 g/mol. The van der Waals surface area contributed by atoms with E-state index in [4.69, 9.17) is 5.73 Å². The van der Waals surface area contributed by atoms with Crippen LogP contribution in [0.1, 0.15) is 16.8 Å². The summed E-state index contributed by atoms with van der Waals surface area (Å²) in [5.74, 6) is 0.215. The van der Waals surface area contributed by atoms with Crippen molar-refractivity contribution in [1.29, 1.82) is 0 Å². The smallest absolute Gasteiger partial charge is 0.256 e. The highest BCUT2D eigenvalue weighted by molar-refractivity contribution is 7.90. The maximum Gasteiger partial charge on any atom is 0.256 e. The van der Waals surface area contributed by atoms with Gasteiger partial charge in [0.1, 0.15) is 0 Å².